The highest BCUT2D eigenvalue weighted by Gasteiger charge is 2.31. The minimum absolute atomic E-state index is 0.161. The Bertz CT molecular complexity index is 1690. The highest BCUT2D eigenvalue weighted by Crippen LogP contribution is 2.37. The maximum atomic E-state index is 10.6. The third-order valence-electron chi connectivity index (χ3n) is 8.07. The van der Waals surface area contributed by atoms with Crippen molar-refractivity contribution in [1.82, 2.24) is 19.9 Å². The maximum Gasteiger partial charge on any atom is 0.184 e. The second-order valence-electron chi connectivity index (χ2n) is 11.0. The quantitative estimate of drug-likeness (QED) is 0.258. The zero-order valence-electron chi connectivity index (χ0n) is 23.1. The van der Waals surface area contributed by atoms with Gasteiger partial charge in [0, 0.05) is 55.6 Å². The highest BCUT2D eigenvalue weighted by molar-refractivity contribution is 7.22. The number of hydrogen-bond donors (Lipinski definition) is 2. The summed E-state index contributed by atoms with van der Waals surface area (Å²) in [4.78, 5) is 18.7. The fourth-order valence-corrected chi connectivity index (χ4v) is 6.71. The lowest BCUT2D eigenvalue weighted by molar-refractivity contribution is 0.166. The Balaban J connectivity index is 1.05. The van der Waals surface area contributed by atoms with Crippen LogP contribution in [0, 0.1) is 0 Å². The minimum Gasteiger partial charge on any atom is -0.457 e. The Morgan fingerprint density at radius 2 is 1.90 bits per heavy atom. The minimum atomic E-state index is -0.471. The van der Waals surface area contributed by atoms with Crippen molar-refractivity contribution in [2.45, 2.75) is 31.0 Å². The first-order chi connectivity index (χ1) is 20.0. The number of pyridine rings is 2. The van der Waals surface area contributed by atoms with Crippen LogP contribution in [-0.2, 0) is 6.42 Å². The molecule has 0 amide bonds. The van der Waals surface area contributed by atoms with Gasteiger partial charge in [0.15, 0.2) is 5.13 Å². The van der Waals surface area contributed by atoms with Gasteiger partial charge in [-0.1, -0.05) is 35.6 Å². The summed E-state index contributed by atoms with van der Waals surface area (Å²) < 4.78 is 7.25. The van der Waals surface area contributed by atoms with E-state index in [4.69, 9.17) is 14.7 Å². The molecule has 9 heteroatoms. The second kappa shape index (κ2) is 10.7. The Labute approximate surface area is 243 Å². The SMILES string of the molecule is CN(C)[C@H]1CCN(c2ccc(-c3cc(Oc4ccc5nc(N[C@@H]6c7ccccc7C[C@@H]6O)sc5c4)ccn3)cn2)C1. The molecule has 1 aliphatic heterocycles. The van der Waals surface area contributed by atoms with E-state index in [0.717, 1.165) is 63.2 Å². The number of anilines is 2. The number of thiazole rings is 1. The Kier molecular flexibility index (Phi) is 6.78. The predicted octanol–water partition coefficient (Wildman–Crippen LogP) is 5.76. The monoisotopic (exact) mass is 564 g/mol. The largest absolute Gasteiger partial charge is 0.457 e. The van der Waals surface area contributed by atoms with Crippen molar-refractivity contribution in [3.63, 3.8) is 0 Å². The number of ether oxygens (including phenoxy) is 1. The van der Waals surface area contributed by atoms with Crippen LogP contribution in [0.4, 0.5) is 10.9 Å². The molecule has 0 spiro atoms. The molecule has 3 aromatic heterocycles. The first kappa shape index (κ1) is 25.9. The molecular formula is C32H32N6O2S. The molecule has 1 aliphatic carbocycles. The van der Waals surface area contributed by atoms with Gasteiger partial charge in [0.25, 0.3) is 0 Å². The smallest absolute Gasteiger partial charge is 0.184 e. The van der Waals surface area contributed by atoms with Gasteiger partial charge in [-0.15, -0.1) is 0 Å². The number of aliphatic hydroxyl groups is 1. The van der Waals surface area contributed by atoms with E-state index in [1.165, 1.54) is 5.56 Å². The number of hydrogen-bond acceptors (Lipinski definition) is 9. The molecule has 2 N–H and O–H groups in total. The van der Waals surface area contributed by atoms with E-state index in [2.05, 4.69) is 58.5 Å². The molecule has 2 aliphatic rings. The van der Waals surface area contributed by atoms with Gasteiger partial charge in [-0.2, -0.15) is 0 Å². The molecule has 1 saturated heterocycles. The number of aliphatic hydroxyl groups excluding tert-OH is 1. The molecular weight excluding hydrogens is 532 g/mol. The molecule has 0 radical (unpaired) electrons. The van der Waals surface area contributed by atoms with Crippen molar-refractivity contribution in [2.24, 2.45) is 0 Å². The molecule has 7 rings (SSSR count). The van der Waals surface area contributed by atoms with Crippen molar-refractivity contribution in [3.8, 4) is 22.8 Å². The summed E-state index contributed by atoms with van der Waals surface area (Å²) in [7, 11) is 4.27. The standard InChI is InChI=1S/C32H32N6O2S/c1-37(2)22-12-14-38(19-22)30-10-7-21(18-34-30)27-16-24(11-13-33-27)40-23-8-9-26-29(17-23)41-32(35-26)36-31-25-6-4-3-5-20(25)15-28(31)39/h3-11,13,16-18,22,28,31,39H,12,14-15,19H2,1-2H3,(H,35,36)/t22-,28-,31+/m0/s1. The lowest BCUT2D eigenvalue weighted by Crippen LogP contribution is -2.31. The van der Waals surface area contributed by atoms with Gasteiger partial charge in [-0.3, -0.25) is 4.98 Å². The van der Waals surface area contributed by atoms with E-state index in [0.29, 0.717) is 18.2 Å². The van der Waals surface area contributed by atoms with Crippen LogP contribution in [0.25, 0.3) is 21.5 Å². The third-order valence-corrected chi connectivity index (χ3v) is 9.02. The third kappa shape index (κ3) is 5.24. The fraction of sp³-hybridized carbons (Fsp3) is 0.281. The van der Waals surface area contributed by atoms with E-state index in [1.54, 1.807) is 17.5 Å². The van der Waals surface area contributed by atoms with Crippen LogP contribution in [0.15, 0.2) is 79.1 Å². The Morgan fingerprint density at radius 1 is 1.02 bits per heavy atom. The Hall–Kier alpha value is -4.05. The molecule has 0 unspecified atom stereocenters. The number of aromatic nitrogens is 3. The lowest BCUT2D eigenvalue weighted by atomic mass is 10.1. The van der Waals surface area contributed by atoms with E-state index in [-0.39, 0.29) is 6.04 Å². The molecule has 208 valence electrons. The number of likely N-dealkylation sites (N-methyl/N-ethyl adjacent to an activating group) is 1. The first-order valence-electron chi connectivity index (χ1n) is 13.9. The van der Waals surface area contributed by atoms with Gasteiger partial charge in [0.05, 0.1) is 28.1 Å². The van der Waals surface area contributed by atoms with Crippen molar-refractivity contribution in [3.05, 3.63) is 90.3 Å². The number of nitrogens with one attached hydrogen (secondary N) is 1. The van der Waals surface area contributed by atoms with Crippen LogP contribution < -0.4 is 15.0 Å². The van der Waals surface area contributed by atoms with Gasteiger partial charge < -0.3 is 25.0 Å². The molecule has 41 heavy (non-hydrogen) atoms. The van der Waals surface area contributed by atoms with Gasteiger partial charge >= 0.3 is 0 Å². The summed E-state index contributed by atoms with van der Waals surface area (Å²) in [5.74, 6) is 2.44. The van der Waals surface area contributed by atoms with E-state index in [1.807, 2.05) is 48.7 Å². The molecule has 5 aromatic rings. The molecule has 0 bridgehead atoms. The maximum absolute atomic E-state index is 10.6. The fourth-order valence-electron chi connectivity index (χ4n) is 5.78. The van der Waals surface area contributed by atoms with Crippen LogP contribution in [0.2, 0.25) is 0 Å². The molecule has 2 aromatic carbocycles. The number of fused-ring (bicyclic) bond motifs is 2. The van der Waals surface area contributed by atoms with Crippen LogP contribution in [0.3, 0.4) is 0 Å². The normalized spacial score (nSPS) is 20.1. The highest BCUT2D eigenvalue weighted by atomic mass is 32.1. The van der Waals surface area contributed by atoms with E-state index >= 15 is 0 Å². The average Bonchev–Trinajstić information content (AvgIpc) is 3.71. The Morgan fingerprint density at radius 3 is 2.73 bits per heavy atom. The average molecular weight is 565 g/mol. The molecule has 1 fully saturated rings. The lowest BCUT2D eigenvalue weighted by Gasteiger charge is -2.21. The number of benzene rings is 2. The molecule has 8 nitrogen and oxygen atoms in total. The molecule has 3 atom stereocenters. The topological polar surface area (TPSA) is 86.6 Å². The summed E-state index contributed by atoms with van der Waals surface area (Å²) in [5.41, 5.74) is 4.97. The van der Waals surface area contributed by atoms with Crippen molar-refractivity contribution >= 4 is 32.5 Å². The van der Waals surface area contributed by atoms with Crippen molar-refractivity contribution in [1.29, 1.82) is 0 Å². The summed E-state index contributed by atoms with van der Waals surface area (Å²) in [6.07, 6.45) is 4.99. The van der Waals surface area contributed by atoms with Gasteiger partial charge in [-0.25, -0.2) is 9.97 Å². The van der Waals surface area contributed by atoms with E-state index < -0.39 is 6.10 Å². The zero-order chi connectivity index (χ0) is 27.9. The molecule has 0 saturated carbocycles. The van der Waals surface area contributed by atoms with Gasteiger partial charge in [0.2, 0.25) is 0 Å². The summed E-state index contributed by atoms with van der Waals surface area (Å²) in [5, 5.41) is 14.9. The van der Waals surface area contributed by atoms with E-state index in [9.17, 15) is 5.11 Å². The zero-order valence-corrected chi connectivity index (χ0v) is 23.9. The summed E-state index contributed by atoms with van der Waals surface area (Å²) >= 11 is 1.56. The summed E-state index contributed by atoms with van der Waals surface area (Å²) in [6, 6.07) is 22.4. The van der Waals surface area contributed by atoms with Crippen LogP contribution in [-0.4, -0.2) is 64.3 Å². The number of nitrogens with zero attached hydrogens (tertiary/aromatic N) is 5. The number of rotatable bonds is 7. The van der Waals surface area contributed by atoms with Crippen LogP contribution in [0.5, 0.6) is 11.5 Å². The van der Waals surface area contributed by atoms with Crippen LogP contribution in [0.1, 0.15) is 23.6 Å². The van der Waals surface area contributed by atoms with Crippen LogP contribution >= 0.6 is 11.3 Å². The predicted molar refractivity (Wildman–Crippen MR) is 164 cm³/mol. The van der Waals surface area contributed by atoms with Gasteiger partial charge in [-0.05, 0) is 62.0 Å². The van der Waals surface area contributed by atoms with Crippen molar-refractivity contribution < 1.29 is 9.84 Å². The summed E-state index contributed by atoms with van der Waals surface area (Å²) in [6.45, 7) is 2.02. The second-order valence-corrected chi connectivity index (χ2v) is 12.0. The first-order valence-corrected chi connectivity index (χ1v) is 14.8. The van der Waals surface area contributed by atoms with Crippen molar-refractivity contribution in [2.75, 3.05) is 37.4 Å². The van der Waals surface area contributed by atoms with Gasteiger partial charge in [0.1, 0.15) is 17.3 Å². The molecule has 4 heterocycles.